The molecule has 0 saturated carbocycles. The average Bonchev–Trinajstić information content (AvgIpc) is 2.05. The van der Waals surface area contributed by atoms with Crippen molar-refractivity contribution < 1.29 is 8.78 Å². The van der Waals surface area contributed by atoms with Gasteiger partial charge >= 0.3 is 0 Å². The lowest BCUT2D eigenvalue weighted by atomic mass is 10.4. The Labute approximate surface area is 67.2 Å². The summed E-state index contributed by atoms with van der Waals surface area (Å²) in [6.45, 7) is 0. The summed E-state index contributed by atoms with van der Waals surface area (Å²) >= 11 is 5.37. The molecule has 0 saturated heterocycles. The summed E-state index contributed by atoms with van der Waals surface area (Å²) in [6.07, 6.45) is -0.288. The molecule has 1 rings (SSSR count). The second-order valence-electron chi connectivity index (χ2n) is 1.87. The second-order valence-corrected chi connectivity index (χ2v) is 2.13. The summed E-state index contributed by atoms with van der Waals surface area (Å²) < 4.78 is 23.7. The molecule has 2 nitrogen and oxygen atoms in total. The molecule has 1 heterocycles. The van der Waals surface area contributed by atoms with Crippen molar-refractivity contribution in [3.8, 4) is 0 Å². The maximum Gasteiger partial charge on any atom is 0.281 e. The van der Waals surface area contributed by atoms with Crippen molar-refractivity contribution in [3.05, 3.63) is 23.8 Å². The highest BCUT2D eigenvalue weighted by molar-refractivity contribution is 6.16. The Morgan fingerprint density at radius 1 is 1.36 bits per heavy atom. The molecule has 0 aliphatic carbocycles. The Balaban J connectivity index is 2.83. The monoisotopic (exact) mass is 178 g/mol. The van der Waals surface area contributed by atoms with Gasteiger partial charge in [-0.1, -0.05) is 0 Å². The lowest BCUT2D eigenvalue weighted by molar-refractivity contribution is 0.145. The van der Waals surface area contributed by atoms with Crippen LogP contribution < -0.4 is 0 Å². The van der Waals surface area contributed by atoms with Gasteiger partial charge in [-0.3, -0.25) is 9.97 Å². The Hall–Kier alpha value is -0.770. The summed E-state index contributed by atoms with van der Waals surface area (Å²) in [7, 11) is 0. The maximum atomic E-state index is 11.9. The van der Waals surface area contributed by atoms with Gasteiger partial charge in [-0.2, -0.15) is 0 Å². The van der Waals surface area contributed by atoms with Gasteiger partial charge in [-0.15, -0.1) is 11.6 Å². The molecule has 0 aliphatic rings. The molecule has 1 aromatic rings. The summed E-state index contributed by atoms with van der Waals surface area (Å²) in [5.41, 5.74) is 0.176. The van der Waals surface area contributed by atoms with Crippen LogP contribution in [-0.2, 0) is 5.88 Å². The van der Waals surface area contributed by atoms with Crippen molar-refractivity contribution in [2.24, 2.45) is 0 Å². The van der Waals surface area contributed by atoms with Gasteiger partial charge < -0.3 is 0 Å². The van der Waals surface area contributed by atoms with Crippen molar-refractivity contribution in [1.82, 2.24) is 9.97 Å². The van der Waals surface area contributed by atoms with Crippen molar-refractivity contribution in [1.29, 1.82) is 0 Å². The Morgan fingerprint density at radius 3 is 2.45 bits per heavy atom. The van der Waals surface area contributed by atoms with Gasteiger partial charge in [0.2, 0.25) is 0 Å². The van der Waals surface area contributed by atoms with Crippen LogP contribution in [0.25, 0.3) is 0 Å². The summed E-state index contributed by atoms with van der Waals surface area (Å²) in [6, 6.07) is 0. The first-order valence-corrected chi connectivity index (χ1v) is 3.42. The first kappa shape index (κ1) is 8.33. The molecular formula is C6H5ClF2N2. The smallest absolute Gasteiger partial charge is 0.256 e. The zero-order valence-electron chi connectivity index (χ0n) is 5.47. The van der Waals surface area contributed by atoms with E-state index < -0.39 is 6.43 Å². The average molecular weight is 179 g/mol. The van der Waals surface area contributed by atoms with E-state index in [1.54, 1.807) is 0 Å². The van der Waals surface area contributed by atoms with Crippen LogP contribution in [0.15, 0.2) is 12.4 Å². The van der Waals surface area contributed by atoms with Crippen molar-refractivity contribution in [3.63, 3.8) is 0 Å². The largest absolute Gasteiger partial charge is 0.281 e. The van der Waals surface area contributed by atoms with Gasteiger partial charge in [-0.05, 0) is 0 Å². The van der Waals surface area contributed by atoms with Gasteiger partial charge in [0.1, 0.15) is 5.69 Å². The summed E-state index contributed by atoms with van der Waals surface area (Å²) in [4.78, 5) is 7.10. The molecule has 0 amide bonds. The molecule has 1 aromatic heterocycles. The van der Waals surface area contributed by atoms with Crippen LogP contribution >= 0.6 is 11.6 Å². The third kappa shape index (κ3) is 2.08. The minimum atomic E-state index is -2.56. The summed E-state index contributed by atoms with van der Waals surface area (Å²) in [5, 5.41) is 0. The lowest BCUT2D eigenvalue weighted by Gasteiger charge is -1.97. The number of aromatic nitrogens is 2. The molecule has 0 atom stereocenters. The Bertz CT molecular complexity index is 225. The first-order chi connectivity index (χ1) is 5.24. The highest BCUT2D eigenvalue weighted by Gasteiger charge is 2.07. The molecule has 0 spiro atoms. The SMILES string of the molecule is FC(F)c1cnc(CCl)cn1. The molecule has 0 N–H and O–H groups in total. The molecule has 0 aliphatic heterocycles. The Kier molecular flexibility index (Phi) is 2.70. The standard InChI is InChI=1S/C6H5ClF2N2/c7-1-4-2-11-5(3-10-4)6(8)9/h2-3,6H,1H2. The normalized spacial score (nSPS) is 10.5. The highest BCUT2D eigenvalue weighted by Crippen LogP contribution is 2.14. The number of alkyl halides is 3. The van der Waals surface area contributed by atoms with E-state index >= 15 is 0 Å². The number of rotatable bonds is 2. The fourth-order valence-corrected chi connectivity index (χ4v) is 0.684. The van der Waals surface area contributed by atoms with Crippen molar-refractivity contribution in [2.45, 2.75) is 12.3 Å². The zero-order chi connectivity index (χ0) is 8.27. The molecule has 0 radical (unpaired) electrons. The van der Waals surface area contributed by atoms with Gasteiger partial charge in [0.15, 0.2) is 0 Å². The summed E-state index contributed by atoms with van der Waals surface area (Å²) in [5.74, 6) is 0.191. The number of halogens is 3. The molecular weight excluding hydrogens is 174 g/mol. The van der Waals surface area contributed by atoms with E-state index in [4.69, 9.17) is 11.6 Å². The Morgan fingerprint density at radius 2 is 2.09 bits per heavy atom. The molecule has 0 fully saturated rings. The zero-order valence-corrected chi connectivity index (χ0v) is 6.22. The van der Waals surface area contributed by atoms with E-state index in [9.17, 15) is 8.78 Å². The molecule has 11 heavy (non-hydrogen) atoms. The van der Waals surface area contributed by atoms with Gasteiger partial charge in [0.25, 0.3) is 6.43 Å². The molecule has 60 valence electrons. The van der Waals surface area contributed by atoms with E-state index in [0.717, 1.165) is 6.20 Å². The van der Waals surface area contributed by atoms with Crippen LogP contribution in [-0.4, -0.2) is 9.97 Å². The van der Waals surface area contributed by atoms with Crippen LogP contribution in [0.2, 0.25) is 0 Å². The quantitative estimate of drug-likeness (QED) is 0.649. The molecule has 5 heteroatoms. The molecule has 0 unspecified atom stereocenters. The lowest BCUT2D eigenvalue weighted by Crippen LogP contribution is -1.93. The van der Waals surface area contributed by atoms with Crippen LogP contribution in [0, 0.1) is 0 Å². The third-order valence-corrected chi connectivity index (χ3v) is 1.36. The number of hydrogen-bond acceptors (Lipinski definition) is 2. The van der Waals surface area contributed by atoms with Crippen LogP contribution in [0.1, 0.15) is 17.8 Å². The minimum Gasteiger partial charge on any atom is -0.256 e. The van der Waals surface area contributed by atoms with E-state index in [1.165, 1.54) is 6.20 Å². The van der Waals surface area contributed by atoms with E-state index in [1.807, 2.05) is 0 Å². The highest BCUT2D eigenvalue weighted by atomic mass is 35.5. The van der Waals surface area contributed by atoms with Crippen molar-refractivity contribution >= 4 is 11.6 Å². The molecule has 0 aromatic carbocycles. The van der Waals surface area contributed by atoms with Crippen LogP contribution in [0.4, 0.5) is 8.78 Å². The van der Waals surface area contributed by atoms with Gasteiger partial charge in [0, 0.05) is 0 Å². The maximum absolute atomic E-state index is 11.9. The van der Waals surface area contributed by atoms with Crippen molar-refractivity contribution in [2.75, 3.05) is 0 Å². The van der Waals surface area contributed by atoms with Crippen LogP contribution in [0.5, 0.6) is 0 Å². The minimum absolute atomic E-state index is 0.191. The first-order valence-electron chi connectivity index (χ1n) is 2.89. The fraction of sp³-hybridized carbons (Fsp3) is 0.333. The molecule has 0 bridgehead atoms. The number of hydrogen-bond donors (Lipinski definition) is 0. The van der Waals surface area contributed by atoms with E-state index in [2.05, 4.69) is 9.97 Å². The predicted molar refractivity (Wildman–Crippen MR) is 36.5 cm³/mol. The second kappa shape index (κ2) is 3.57. The third-order valence-electron chi connectivity index (χ3n) is 1.09. The van der Waals surface area contributed by atoms with Gasteiger partial charge in [0.05, 0.1) is 24.0 Å². The van der Waals surface area contributed by atoms with Gasteiger partial charge in [-0.25, -0.2) is 8.78 Å². The number of nitrogens with zero attached hydrogens (tertiary/aromatic N) is 2. The van der Waals surface area contributed by atoms with Crippen LogP contribution in [0.3, 0.4) is 0 Å². The van der Waals surface area contributed by atoms with E-state index in [-0.39, 0.29) is 11.6 Å². The predicted octanol–water partition coefficient (Wildman–Crippen LogP) is 2.15. The van der Waals surface area contributed by atoms with E-state index in [0.29, 0.717) is 5.69 Å². The fourth-order valence-electron chi connectivity index (χ4n) is 0.546. The topological polar surface area (TPSA) is 25.8 Å².